The second-order valence-corrected chi connectivity index (χ2v) is 7.20. The van der Waals surface area contributed by atoms with Crippen LogP contribution in [0.3, 0.4) is 0 Å². The van der Waals surface area contributed by atoms with Gasteiger partial charge < -0.3 is 9.84 Å². The molecular weight excluding hydrogens is 288 g/mol. The van der Waals surface area contributed by atoms with Crippen molar-refractivity contribution >= 4 is 5.78 Å². The Hall–Kier alpha value is -1.19. The zero-order chi connectivity index (χ0) is 16.7. The van der Waals surface area contributed by atoms with E-state index in [0.717, 1.165) is 37.7 Å². The Morgan fingerprint density at radius 1 is 1.35 bits per heavy atom. The van der Waals surface area contributed by atoms with Crippen molar-refractivity contribution in [2.75, 3.05) is 6.61 Å². The molecule has 3 atom stereocenters. The summed E-state index contributed by atoms with van der Waals surface area (Å²) in [5.74, 6) is 0.652. The molecule has 1 aromatic carbocycles. The van der Waals surface area contributed by atoms with E-state index in [9.17, 15) is 4.79 Å². The van der Waals surface area contributed by atoms with E-state index in [-0.39, 0.29) is 18.1 Å². The van der Waals surface area contributed by atoms with Crippen molar-refractivity contribution in [3.63, 3.8) is 0 Å². The van der Waals surface area contributed by atoms with E-state index in [1.807, 2.05) is 18.2 Å². The average molecular weight is 318 g/mol. The summed E-state index contributed by atoms with van der Waals surface area (Å²) in [5.41, 5.74) is 0.782. The first-order valence-corrected chi connectivity index (χ1v) is 8.86. The molecule has 0 saturated heterocycles. The van der Waals surface area contributed by atoms with Crippen molar-refractivity contribution in [2.45, 2.75) is 65.1 Å². The van der Waals surface area contributed by atoms with Crippen LogP contribution in [0.1, 0.15) is 57.9 Å². The second-order valence-electron chi connectivity index (χ2n) is 7.20. The number of ether oxygens (including phenoxy) is 1. The molecule has 0 bridgehead atoms. The number of rotatable bonds is 8. The highest BCUT2D eigenvalue weighted by Gasteiger charge is 2.43. The molecule has 1 fully saturated rings. The quantitative estimate of drug-likeness (QED) is 0.784. The minimum Gasteiger partial charge on any atom is -0.396 e. The smallest absolute Gasteiger partial charge is 0.141 e. The zero-order valence-electron chi connectivity index (χ0n) is 14.5. The topological polar surface area (TPSA) is 46.5 Å². The van der Waals surface area contributed by atoms with Crippen LogP contribution in [-0.4, -0.2) is 23.6 Å². The number of Topliss-reactive ketones (excluding diaryl/α,β-unsaturated/α-hetero) is 1. The lowest BCUT2D eigenvalue weighted by Gasteiger charge is -2.40. The summed E-state index contributed by atoms with van der Waals surface area (Å²) in [5, 5.41) is 9.16. The molecule has 0 amide bonds. The molecule has 0 aromatic heterocycles. The minimum absolute atomic E-state index is 0.00777. The SMILES string of the molecule is CC(CO)CCCC1(C)C(=O)CCC[C@H]1OCc1ccccc1. The number of hydrogen-bond donors (Lipinski definition) is 1. The van der Waals surface area contributed by atoms with Gasteiger partial charge in [-0.1, -0.05) is 50.6 Å². The first-order valence-electron chi connectivity index (χ1n) is 8.86. The van der Waals surface area contributed by atoms with E-state index in [2.05, 4.69) is 26.0 Å². The van der Waals surface area contributed by atoms with Crippen LogP contribution < -0.4 is 0 Å². The highest BCUT2D eigenvalue weighted by atomic mass is 16.5. The van der Waals surface area contributed by atoms with Crippen molar-refractivity contribution in [2.24, 2.45) is 11.3 Å². The first-order chi connectivity index (χ1) is 11.1. The molecule has 1 saturated carbocycles. The number of aliphatic hydroxyl groups excluding tert-OH is 1. The minimum atomic E-state index is -0.373. The highest BCUT2D eigenvalue weighted by Crippen LogP contribution is 2.40. The van der Waals surface area contributed by atoms with Crippen molar-refractivity contribution in [1.82, 2.24) is 0 Å². The molecule has 1 aromatic rings. The van der Waals surface area contributed by atoms with E-state index in [0.29, 0.717) is 24.7 Å². The molecular formula is C20H30O3. The lowest BCUT2D eigenvalue weighted by Crippen LogP contribution is -2.44. The molecule has 1 N–H and O–H groups in total. The van der Waals surface area contributed by atoms with Crippen molar-refractivity contribution in [1.29, 1.82) is 0 Å². The molecule has 1 aliphatic carbocycles. The van der Waals surface area contributed by atoms with Gasteiger partial charge in [-0.3, -0.25) is 4.79 Å². The van der Waals surface area contributed by atoms with Gasteiger partial charge in [0.05, 0.1) is 18.1 Å². The zero-order valence-corrected chi connectivity index (χ0v) is 14.5. The Labute approximate surface area is 140 Å². The van der Waals surface area contributed by atoms with Gasteiger partial charge in [-0.2, -0.15) is 0 Å². The number of aliphatic hydroxyl groups is 1. The standard InChI is InChI=1S/C20H30O3/c1-16(14-21)8-7-13-20(2)18(22)11-6-12-19(20)23-15-17-9-4-3-5-10-17/h3-5,9-10,16,19,21H,6-8,11-15H2,1-2H3/t16?,19-,20?/m1/s1. The fraction of sp³-hybridized carbons (Fsp3) is 0.650. The maximum Gasteiger partial charge on any atom is 0.141 e. The monoisotopic (exact) mass is 318 g/mol. The molecule has 3 nitrogen and oxygen atoms in total. The van der Waals surface area contributed by atoms with Gasteiger partial charge in [0.2, 0.25) is 0 Å². The number of ketones is 1. The molecule has 128 valence electrons. The number of hydrogen-bond acceptors (Lipinski definition) is 3. The van der Waals surface area contributed by atoms with E-state index < -0.39 is 0 Å². The van der Waals surface area contributed by atoms with Gasteiger partial charge in [-0.25, -0.2) is 0 Å². The van der Waals surface area contributed by atoms with E-state index in [1.165, 1.54) is 0 Å². The van der Waals surface area contributed by atoms with Gasteiger partial charge in [-0.05, 0) is 37.2 Å². The Balaban J connectivity index is 1.95. The maximum atomic E-state index is 12.6. The van der Waals surface area contributed by atoms with Gasteiger partial charge in [0.1, 0.15) is 5.78 Å². The van der Waals surface area contributed by atoms with Crippen molar-refractivity contribution < 1.29 is 14.6 Å². The van der Waals surface area contributed by atoms with Crippen LogP contribution >= 0.6 is 0 Å². The third-order valence-electron chi connectivity index (χ3n) is 5.22. The maximum absolute atomic E-state index is 12.6. The third kappa shape index (κ3) is 4.89. The average Bonchev–Trinajstić information content (AvgIpc) is 2.57. The predicted molar refractivity (Wildman–Crippen MR) is 92.1 cm³/mol. The molecule has 0 spiro atoms. The van der Waals surface area contributed by atoms with Crippen LogP contribution in [0.15, 0.2) is 30.3 Å². The van der Waals surface area contributed by atoms with E-state index in [4.69, 9.17) is 9.84 Å². The summed E-state index contributed by atoms with van der Waals surface area (Å²) in [4.78, 5) is 12.6. The van der Waals surface area contributed by atoms with Gasteiger partial charge in [-0.15, -0.1) is 0 Å². The van der Waals surface area contributed by atoms with Gasteiger partial charge in [0.15, 0.2) is 0 Å². The highest BCUT2D eigenvalue weighted by molar-refractivity contribution is 5.85. The molecule has 0 aliphatic heterocycles. The van der Waals surface area contributed by atoms with Crippen LogP contribution in [0.5, 0.6) is 0 Å². The lowest BCUT2D eigenvalue weighted by atomic mass is 9.69. The first kappa shape index (κ1) is 18.2. The predicted octanol–water partition coefficient (Wildman–Crippen LogP) is 4.13. The van der Waals surface area contributed by atoms with Crippen LogP contribution in [-0.2, 0) is 16.1 Å². The van der Waals surface area contributed by atoms with Gasteiger partial charge >= 0.3 is 0 Å². The molecule has 0 heterocycles. The molecule has 2 rings (SSSR count). The van der Waals surface area contributed by atoms with Gasteiger partial charge in [0.25, 0.3) is 0 Å². The summed E-state index contributed by atoms with van der Waals surface area (Å²) < 4.78 is 6.17. The van der Waals surface area contributed by atoms with Crippen LogP contribution in [0.2, 0.25) is 0 Å². The number of carbonyl (C=O) groups is 1. The normalized spacial score (nSPS) is 26.2. The Kier molecular flexibility index (Phi) is 6.79. The molecule has 3 heteroatoms. The van der Waals surface area contributed by atoms with Crippen LogP contribution in [0.25, 0.3) is 0 Å². The summed E-state index contributed by atoms with van der Waals surface area (Å²) in [6, 6.07) is 10.1. The molecule has 0 radical (unpaired) electrons. The summed E-state index contributed by atoms with van der Waals surface area (Å²) >= 11 is 0. The molecule has 1 aliphatic rings. The lowest BCUT2D eigenvalue weighted by molar-refractivity contribution is -0.145. The Morgan fingerprint density at radius 2 is 2.09 bits per heavy atom. The largest absolute Gasteiger partial charge is 0.396 e. The number of benzene rings is 1. The molecule has 23 heavy (non-hydrogen) atoms. The summed E-state index contributed by atoms with van der Waals surface area (Å²) in [7, 11) is 0. The van der Waals surface area contributed by atoms with Crippen molar-refractivity contribution in [3.05, 3.63) is 35.9 Å². The van der Waals surface area contributed by atoms with Crippen molar-refractivity contribution in [3.8, 4) is 0 Å². The fourth-order valence-electron chi connectivity index (χ4n) is 3.48. The Bertz CT molecular complexity index is 485. The third-order valence-corrected chi connectivity index (χ3v) is 5.22. The van der Waals surface area contributed by atoms with E-state index in [1.54, 1.807) is 0 Å². The Morgan fingerprint density at radius 3 is 2.78 bits per heavy atom. The van der Waals surface area contributed by atoms with Crippen LogP contribution in [0.4, 0.5) is 0 Å². The summed E-state index contributed by atoms with van der Waals surface area (Å²) in [6.45, 7) is 4.92. The number of carbonyl (C=O) groups excluding carboxylic acids is 1. The molecule has 2 unspecified atom stereocenters. The van der Waals surface area contributed by atoms with Crippen LogP contribution in [0, 0.1) is 11.3 Å². The second kappa shape index (κ2) is 8.60. The van der Waals surface area contributed by atoms with Gasteiger partial charge in [0, 0.05) is 13.0 Å². The summed E-state index contributed by atoms with van der Waals surface area (Å²) in [6.07, 6.45) is 5.37. The fourth-order valence-corrected chi connectivity index (χ4v) is 3.48. The van der Waals surface area contributed by atoms with E-state index >= 15 is 0 Å².